The highest BCUT2D eigenvalue weighted by Crippen LogP contribution is 2.19. The number of piperazine rings is 1. The third-order valence-corrected chi connectivity index (χ3v) is 4.46. The Kier molecular flexibility index (Phi) is 5.48. The standard InChI is InChI=1S/C19H29N5O2/c1-19(2,3)22-18(25)13-24-9-7-23(8-10-24)12-17-20-15-6-5-14(26-4)11-16(15)21-17/h5-6,11H,7-10,12-13H2,1-4H3,(H,20,21)(H,22,25). The summed E-state index contributed by atoms with van der Waals surface area (Å²) in [6.45, 7) is 10.9. The fraction of sp³-hybridized carbons (Fsp3) is 0.579. The summed E-state index contributed by atoms with van der Waals surface area (Å²) in [7, 11) is 1.67. The Labute approximate surface area is 154 Å². The molecule has 1 fully saturated rings. The van der Waals surface area contributed by atoms with E-state index in [0.29, 0.717) is 6.54 Å². The van der Waals surface area contributed by atoms with Crippen molar-refractivity contribution >= 4 is 16.9 Å². The van der Waals surface area contributed by atoms with Crippen LogP contribution in [0.25, 0.3) is 11.0 Å². The summed E-state index contributed by atoms with van der Waals surface area (Å²) >= 11 is 0. The van der Waals surface area contributed by atoms with Gasteiger partial charge in [-0.25, -0.2) is 4.98 Å². The van der Waals surface area contributed by atoms with Crippen molar-refractivity contribution in [2.75, 3.05) is 39.8 Å². The van der Waals surface area contributed by atoms with Crippen LogP contribution in [0, 0.1) is 0 Å². The summed E-state index contributed by atoms with van der Waals surface area (Å²) in [6.07, 6.45) is 0. The number of nitrogens with one attached hydrogen (secondary N) is 2. The Balaban J connectivity index is 1.50. The molecule has 1 aromatic carbocycles. The quantitative estimate of drug-likeness (QED) is 0.848. The minimum Gasteiger partial charge on any atom is -0.497 e. The number of methoxy groups -OCH3 is 1. The van der Waals surface area contributed by atoms with E-state index in [-0.39, 0.29) is 11.4 Å². The molecule has 0 atom stereocenters. The Bertz CT molecular complexity index is 757. The van der Waals surface area contributed by atoms with Crippen LogP contribution in [0.2, 0.25) is 0 Å². The van der Waals surface area contributed by atoms with Gasteiger partial charge in [-0.1, -0.05) is 0 Å². The van der Waals surface area contributed by atoms with Crippen LogP contribution in [0.4, 0.5) is 0 Å². The van der Waals surface area contributed by atoms with Crippen molar-refractivity contribution in [3.8, 4) is 5.75 Å². The number of rotatable bonds is 5. The van der Waals surface area contributed by atoms with Gasteiger partial charge in [0.15, 0.2) is 0 Å². The lowest BCUT2D eigenvalue weighted by Gasteiger charge is -2.34. The van der Waals surface area contributed by atoms with Crippen molar-refractivity contribution in [3.63, 3.8) is 0 Å². The summed E-state index contributed by atoms with van der Waals surface area (Å²) in [6, 6.07) is 5.87. The molecular weight excluding hydrogens is 330 g/mol. The Morgan fingerprint density at radius 2 is 1.92 bits per heavy atom. The van der Waals surface area contributed by atoms with Crippen molar-refractivity contribution in [1.82, 2.24) is 25.1 Å². The molecule has 3 rings (SSSR count). The van der Waals surface area contributed by atoms with E-state index in [9.17, 15) is 4.79 Å². The zero-order valence-electron chi connectivity index (χ0n) is 16.1. The molecule has 142 valence electrons. The number of aromatic amines is 1. The van der Waals surface area contributed by atoms with E-state index < -0.39 is 0 Å². The molecular formula is C19H29N5O2. The highest BCUT2D eigenvalue weighted by atomic mass is 16.5. The van der Waals surface area contributed by atoms with Gasteiger partial charge in [0.25, 0.3) is 0 Å². The van der Waals surface area contributed by atoms with Crippen molar-refractivity contribution in [3.05, 3.63) is 24.0 Å². The van der Waals surface area contributed by atoms with E-state index in [1.165, 1.54) is 0 Å². The smallest absolute Gasteiger partial charge is 0.234 e. The molecule has 0 bridgehead atoms. The molecule has 7 nitrogen and oxygen atoms in total. The van der Waals surface area contributed by atoms with E-state index >= 15 is 0 Å². The van der Waals surface area contributed by atoms with Crippen molar-refractivity contribution in [1.29, 1.82) is 0 Å². The van der Waals surface area contributed by atoms with Gasteiger partial charge in [0.2, 0.25) is 5.91 Å². The van der Waals surface area contributed by atoms with Crippen molar-refractivity contribution in [2.45, 2.75) is 32.9 Å². The van der Waals surface area contributed by atoms with Gasteiger partial charge >= 0.3 is 0 Å². The number of benzene rings is 1. The lowest BCUT2D eigenvalue weighted by Crippen LogP contribution is -2.51. The number of hydrogen-bond acceptors (Lipinski definition) is 5. The van der Waals surface area contributed by atoms with Crippen LogP contribution in [-0.2, 0) is 11.3 Å². The summed E-state index contributed by atoms with van der Waals surface area (Å²) < 4.78 is 5.26. The topological polar surface area (TPSA) is 73.5 Å². The molecule has 1 aromatic heterocycles. The number of aromatic nitrogens is 2. The van der Waals surface area contributed by atoms with Gasteiger partial charge in [0, 0.05) is 37.8 Å². The fourth-order valence-electron chi connectivity index (χ4n) is 3.22. The number of nitrogens with zero attached hydrogens (tertiary/aromatic N) is 3. The van der Waals surface area contributed by atoms with Crippen molar-refractivity contribution < 1.29 is 9.53 Å². The monoisotopic (exact) mass is 359 g/mol. The number of carbonyl (C=O) groups excluding carboxylic acids is 1. The summed E-state index contributed by atoms with van der Waals surface area (Å²) in [5.41, 5.74) is 1.78. The van der Waals surface area contributed by atoms with Gasteiger partial charge in [-0.2, -0.15) is 0 Å². The summed E-state index contributed by atoms with van der Waals surface area (Å²) in [5.74, 6) is 1.89. The zero-order valence-corrected chi connectivity index (χ0v) is 16.1. The molecule has 0 aliphatic carbocycles. The predicted octanol–water partition coefficient (Wildman–Crippen LogP) is 1.60. The first-order valence-corrected chi connectivity index (χ1v) is 9.11. The van der Waals surface area contributed by atoms with Gasteiger partial charge in [-0.15, -0.1) is 0 Å². The SMILES string of the molecule is COc1ccc2nc(CN3CCN(CC(=O)NC(C)(C)C)CC3)[nH]c2c1. The molecule has 2 N–H and O–H groups in total. The van der Waals surface area contributed by atoms with Crippen LogP contribution in [0.1, 0.15) is 26.6 Å². The number of imidazole rings is 1. The van der Waals surface area contributed by atoms with Crippen LogP contribution >= 0.6 is 0 Å². The molecule has 0 saturated carbocycles. The Morgan fingerprint density at radius 3 is 2.58 bits per heavy atom. The Hall–Kier alpha value is -2.12. The molecule has 1 aliphatic heterocycles. The average molecular weight is 359 g/mol. The maximum Gasteiger partial charge on any atom is 0.234 e. The number of H-pyrrole nitrogens is 1. The van der Waals surface area contributed by atoms with Crippen LogP contribution in [0.5, 0.6) is 5.75 Å². The summed E-state index contributed by atoms with van der Waals surface area (Å²) in [5, 5.41) is 3.02. The van der Waals surface area contributed by atoms with Crippen LogP contribution in [0.15, 0.2) is 18.2 Å². The molecule has 1 aliphatic rings. The molecule has 1 amide bonds. The van der Waals surface area contributed by atoms with E-state index in [4.69, 9.17) is 4.74 Å². The highest BCUT2D eigenvalue weighted by molar-refractivity contribution is 5.78. The Morgan fingerprint density at radius 1 is 1.23 bits per heavy atom. The second-order valence-corrected chi connectivity index (χ2v) is 7.92. The number of carbonyl (C=O) groups is 1. The van der Waals surface area contributed by atoms with E-state index in [0.717, 1.165) is 55.3 Å². The zero-order chi connectivity index (χ0) is 18.7. The predicted molar refractivity (Wildman–Crippen MR) is 102 cm³/mol. The first-order valence-electron chi connectivity index (χ1n) is 9.11. The van der Waals surface area contributed by atoms with Gasteiger partial charge < -0.3 is 15.0 Å². The van der Waals surface area contributed by atoms with Gasteiger partial charge in [-0.3, -0.25) is 14.6 Å². The fourth-order valence-corrected chi connectivity index (χ4v) is 3.22. The van der Waals surface area contributed by atoms with E-state index in [1.807, 2.05) is 39.0 Å². The number of fused-ring (bicyclic) bond motifs is 1. The normalized spacial score (nSPS) is 16.8. The summed E-state index contributed by atoms with van der Waals surface area (Å²) in [4.78, 5) is 24.7. The largest absolute Gasteiger partial charge is 0.497 e. The average Bonchev–Trinajstić information content (AvgIpc) is 2.96. The van der Waals surface area contributed by atoms with Gasteiger partial charge in [0.1, 0.15) is 11.6 Å². The minimum atomic E-state index is -0.178. The first kappa shape index (κ1) is 18.7. The van der Waals surface area contributed by atoms with Gasteiger partial charge in [-0.05, 0) is 32.9 Å². The maximum absolute atomic E-state index is 12.1. The van der Waals surface area contributed by atoms with Crippen LogP contribution in [0.3, 0.4) is 0 Å². The molecule has 2 heterocycles. The molecule has 0 spiro atoms. The van der Waals surface area contributed by atoms with E-state index in [2.05, 4.69) is 25.1 Å². The number of amides is 1. The highest BCUT2D eigenvalue weighted by Gasteiger charge is 2.21. The third kappa shape index (κ3) is 4.95. The van der Waals surface area contributed by atoms with E-state index in [1.54, 1.807) is 7.11 Å². The second kappa shape index (κ2) is 7.63. The molecule has 0 radical (unpaired) electrons. The second-order valence-electron chi connectivity index (χ2n) is 7.92. The lowest BCUT2D eigenvalue weighted by molar-refractivity contribution is -0.124. The molecule has 7 heteroatoms. The minimum absolute atomic E-state index is 0.0946. The third-order valence-electron chi connectivity index (χ3n) is 4.46. The van der Waals surface area contributed by atoms with Gasteiger partial charge in [0.05, 0.1) is 31.2 Å². The molecule has 1 saturated heterocycles. The maximum atomic E-state index is 12.1. The number of hydrogen-bond donors (Lipinski definition) is 2. The molecule has 2 aromatic rings. The van der Waals surface area contributed by atoms with Crippen LogP contribution in [-0.4, -0.2) is 71.0 Å². The first-order chi connectivity index (χ1) is 12.3. The van der Waals surface area contributed by atoms with Crippen LogP contribution < -0.4 is 10.1 Å². The van der Waals surface area contributed by atoms with Crippen molar-refractivity contribution in [2.24, 2.45) is 0 Å². The number of ether oxygens (including phenoxy) is 1. The lowest BCUT2D eigenvalue weighted by atomic mass is 10.1. The molecule has 0 unspecified atom stereocenters. The molecule has 26 heavy (non-hydrogen) atoms.